The Hall–Kier alpha value is -1.31. The maximum Gasteiger partial charge on any atom is 0.112 e. The highest BCUT2D eigenvalue weighted by Crippen LogP contribution is 2.08. The molecule has 0 saturated carbocycles. The first-order valence-corrected chi connectivity index (χ1v) is 4.24. The Morgan fingerprint density at radius 2 is 2.25 bits per heavy atom. The minimum atomic E-state index is 0.984. The van der Waals surface area contributed by atoms with Gasteiger partial charge < -0.3 is 4.40 Å². The van der Waals surface area contributed by atoms with Crippen molar-refractivity contribution in [3.63, 3.8) is 0 Å². The summed E-state index contributed by atoms with van der Waals surface area (Å²) in [6.07, 6.45) is 5.02. The van der Waals surface area contributed by atoms with Gasteiger partial charge in [-0.15, -0.1) is 0 Å². The van der Waals surface area contributed by atoms with Gasteiger partial charge in [-0.1, -0.05) is 13.0 Å². The van der Waals surface area contributed by atoms with Gasteiger partial charge in [0.15, 0.2) is 0 Å². The third kappa shape index (κ3) is 0.998. The summed E-state index contributed by atoms with van der Waals surface area (Å²) in [5.74, 6) is 1.13. The summed E-state index contributed by atoms with van der Waals surface area (Å²) < 4.78 is 2.15. The predicted molar refractivity (Wildman–Crippen MR) is 49.3 cm³/mol. The molecule has 0 radical (unpaired) electrons. The first-order chi connectivity index (χ1) is 5.81. The zero-order valence-electron chi connectivity index (χ0n) is 7.41. The molecule has 0 unspecified atom stereocenters. The van der Waals surface area contributed by atoms with Crippen LogP contribution in [0.2, 0.25) is 0 Å². The molecule has 2 heteroatoms. The van der Waals surface area contributed by atoms with Gasteiger partial charge in [0.25, 0.3) is 0 Å². The number of rotatable bonds is 1. The zero-order chi connectivity index (χ0) is 8.55. The number of fused-ring (bicyclic) bond motifs is 1. The van der Waals surface area contributed by atoms with Crippen molar-refractivity contribution in [1.29, 1.82) is 0 Å². The van der Waals surface area contributed by atoms with Crippen LogP contribution >= 0.6 is 0 Å². The van der Waals surface area contributed by atoms with E-state index in [-0.39, 0.29) is 0 Å². The van der Waals surface area contributed by atoms with Crippen molar-refractivity contribution >= 4 is 5.52 Å². The predicted octanol–water partition coefficient (Wildman–Crippen LogP) is 2.21. The van der Waals surface area contributed by atoms with E-state index < -0.39 is 0 Å². The zero-order valence-corrected chi connectivity index (χ0v) is 7.41. The Balaban J connectivity index is 2.75. The maximum atomic E-state index is 4.32. The van der Waals surface area contributed by atoms with Crippen LogP contribution in [-0.4, -0.2) is 9.38 Å². The lowest BCUT2D eigenvalue weighted by Gasteiger charge is -1.98. The summed E-state index contributed by atoms with van der Waals surface area (Å²) in [5, 5.41) is 0. The molecule has 0 aliphatic carbocycles. The van der Waals surface area contributed by atoms with Crippen LogP contribution in [0.1, 0.15) is 18.3 Å². The minimum Gasteiger partial charge on any atom is -0.303 e. The van der Waals surface area contributed by atoms with E-state index in [1.165, 1.54) is 11.1 Å². The van der Waals surface area contributed by atoms with Gasteiger partial charge >= 0.3 is 0 Å². The number of imidazole rings is 1. The number of hydrogen-bond donors (Lipinski definition) is 0. The molecule has 0 atom stereocenters. The molecule has 2 aromatic heterocycles. The second-order valence-electron chi connectivity index (χ2n) is 3.03. The quantitative estimate of drug-likeness (QED) is 0.625. The molecule has 0 fully saturated rings. The van der Waals surface area contributed by atoms with Crippen molar-refractivity contribution in [3.8, 4) is 0 Å². The van der Waals surface area contributed by atoms with Gasteiger partial charge in [0.2, 0.25) is 0 Å². The molecule has 2 aromatic rings. The molecule has 0 aliphatic heterocycles. The molecule has 2 rings (SSSR count). The lowest BCUT2D eigenvalue weighted by atomic mass is 10.3. The summed E-state index contributed by atoms with van der Waals surface area (Å²) in [6, 6.07) is 4.21. The van der Waals surface area contributed by atoms with Crippen LogP contribution in [0.25, 0.3) is 5.52 Å². The topological polar surface area (TPSA) is 17.3 Å². The van der Waals surface area contributed by atoms with Crippen LogP contribution in [0.5, 0.6) is 0 Å². The molecular formula is C10H12N2. The first-order valence-electron chi connectivity index (χ1n) is 4.24. The van der Waals surface area contributed by atoms with Crippen molar-refractivity contribution in [1.82, 2.24) is 9.38 Å². The van der Waals surface area contributed by atoms with Crippen LogP contribution in [0.3, 0.4) is 0 Å². The Morgan fingerprint density at radius 1 is 1.42 bits per heavy atom. The van der Waals surface area contributed by atoms with E-state index in [1.807, 2.05) is 6.20 Å². The highest BCUT2D eigenvalue weighted by atomic mass is 15.0. The molecule has 0 aromatic carbocycles. The van der Waals surface area contributed by atoms with E-state index in [2.05, 4.69) is 41.6 Å². The minimum absolute atomic E-state index is 0.984. The van der Waals surface area contributed by atoms with Gasteiger partial charge in [-0.2, -0.15) is 0 Å². The second-order valence-corrected chi connectivity index (χ2v) is 3.03. The molecule has 2 heterocycles. The normalized spacial score (nSPS) is 10.8. The largest absolute Gasteiger partial charge is 0.303 e. The first kappa shape index (κ1) is 7.35. The molecule has 12 heavy (non-hydrogen) atoms. The molecule has 0 amide bonds. The van der Waals surface area contributed by atoms with Gasteiger partial charge in [-0.3, -0.25) is 0 Å². The average Bonchev–Trinajstić information content (AvgIpc) is 2.46. The maximum absolute atomic E-state index is 4.32. The fraction of sp³-hybridized carbons (Fsp3) is 0.300. The monoisotopic (exact) mass is 160 g/mol. The summed E-state index contributed by atoms with van der Waals surface area (Å²) >= 11 is 0. The van der Waals surface area contributed by atoms with Crippen molar-refractivity contribution in [3.05, 3.63) is 35.9 Å². The van der Waals surface area contributed by atoms with Gasteiger partial charge in [-0.05, 0) is 18.6 Å². The second kappa shape index (κ2) is 2.63. The van der Waals surface area contributed by atoms with E-state index in [0.717, 1.165) is 12.2 Å². The smallest absolute Gasteiger partial charge is 0.112 e. The van der Waals surface area contributed by atoms with Gasteiger partial charge in [0, 0.05) is 12.6 Å². The van der Waals surface area contributed by atoms with E-state index >= 15 is 0 Å². The molecule has 0 N–H and O–H groups in total. The molecule has 0 saturated heterocycles. The number of aromatic nitrogens is 2. The van der Waals surface area contributed by atoms with Crippen molar-refractivity contribution in [2.45, 2.75) is 20.3 Å². The summed E-state index contributed by atoms with van der Waals surface area (Å²) in [5.41, 5.74) is 2.45. The van der Waals surface area contributed by atoms with Crippen LogP contribution in [-0.2, 0) is 6.42 Å². The highest BCUT2D eigenvalue weighted by molar-refractivity contribution is 5.46. The number of aryl methyl sites for hydroxylation is 2. The molecule has 0 bridgehead atoms. The van der Waals surface area contributed by atoms with Crippen molar-refractivity contribution < 1.29 is 0 Å². The van der Waals surface area contributed by atoms with Crippen molar-refractivity contribution in [2.24, 2.45) is 0 Å². The molecule has 62 valence electrons. The van der Waals surface area contributed by atoms with Gasteiger partial charge in [0.1, 0.15) is 5.82 Å². The lowest BCUT2D eigenvalue weighted by molar-refractivity contribution is 0.929. The summed E-state index contributed by atoms with van der Waals surface area (Å²) in [6.45, 7) is 4.22. The highest BCUT2D eigenvalue weighted by Gasteiger charge is 1.99. The fourth-order valence-electron chi connectivity index (χ4n) is 1.41. The molecule has 0 aliphatic rings. The van der Waals surface area contributed by atoms with Crippen LogP contribution < -0.4 is 0 Å². The van der Waals surface area contributed by atoms with E-state index in [9.17, 15) is 0 Å². The third-order valence-corrected chi connectivity index (χ3v) is 2.07. The number of nitrogens with zero attached hydrogens (tertiary/aromatic N) is 2. The fourth-order valence-corrected chi connectivity index (χ4v) is 1.41. The van der Waals surface area contributed by atoms with Crippen molar-refractivity contribution in [2.75, 3.05) is 0 Å². The van der Waals surface area contributed by atoms with E-state index in [0.29, 0.717) is 0 Å². The molecule has 2 nitrogen and oxygen atoms in total. The summed E-state index contributed by atoms with van der Waals surface area (Å²) in [4.78, 5) is 4.32. The van der Waals surface area contributed by atoms with Crippen LogP contribution in [0, 0.1) is 6.92 Å². The van der Waals surface area contributed by atoms with Crippen LogP contribution in [0.15, 0.2) is 24.5 Å². The van der Waals surface area contributed by atoms with Crippen LogP contribution in [0.4, 0.5) is 0 Å². The standard InChI is InChI=1S/C10H12N2/c1-3-10-11-6-9-5-4-8(2)7-12(9)10/h4-7H,3H2,1-2H3. The lowest BCUT2D eigenvalue weighted by Crippen LogP contribution is -1.92. The molecular weight excluding hydrogens is 148 g/mol. The number of hydrogen-bond acceptors (Lipinski definition) is 1. The Kier molecular flexibility index (Phi) is 1.61. The number of pyridine rings is 1. The van der Waals surface area contributed by atoms with Gasteiger partial charge in [-0.25, -0.2) is 4.98 Å². The molecule has 0 spiro atoms. The third-order valence-electron chi connectivity index (χ3n) is 2.07. The summed E-state index contributed by atoms with van der Waals surface area (Å²) in [7, 11) is 0. The van der Waals surface area contributed by atoms with Gasteiger partial charge in [0.05, 0.1) is 11.7 Å². The Bertz CT molecular complexity index is 401. The Morgan fingerprint density at radius 3 is 3.00 bits per heavy atom. The van der Waals surface area contributed by atoms with E-state index in [1.54, 1.807) is 0 Å². The van der Waals surface area contributed by atoms with E-state index in [4.69, 9.17) is 0 Å². The SMILES string of the molecule is CCc1ncc2ccc(C)cn12. The average molecular weight is 160 g/mol. The Labute approximate surface area is 71.9 Å².